The van der Waals surface area contributed by atoms with Crippen LogP contribution in [-0.4, -0.2) is 0 Å². The number of hydrogen-bond donors (Lipinski definition) is 0. The lowest BCUT2D eigenvalue weighted by molar-refractivity contribution is 0.254. The molecule has 0 aliphatic heterocycles. The van der Waals surface area contributed by atoms with Gasteiger partial charge in [0.15, 0.2) is 0 Å². The first-order chi connectivity index (χ1) is 7.26. The van der Waals surface area contributed by atoms with E-state index in [2.05, 4.69) is 20.8 Å². The Hall–Kier alpha value is 0. The van der Waals surface area contributed by atoms with Gasteiger partial charge in [0, 0.05) is 0 Å². The number of rotatable bonds is 2. The van der Waals surface area contributed by atoms with Gasteiger partial charge in [0.25, 0.3) is 0 Å². The van der Waals surface area contributed by atoms with Gasteiger partial charge in [-0.2, -0.15) is 0 Å². The van der Waals surface area contributed by atoms with Crippen molar-refractivity contribution >= 4 is 0 Å². The van der Waals surface area contributed by atoms with Crippen LogP contribution in [0.2, 0.25) is 0 Å². The summed E-state index contributed by atoms with van der Waals surface area (Å²) in [4.78, 5) is 0. The van der Waals surface area contributed by atoms with E-state index in [4.69, 9.17) is 0 Å². The molecule has 4 atom stereocenters. The lowest BCUT2D eigenvalue weighted by Gasteiger charge is -2.25. The van der Waals surface area contributed by atoms with Crippen LogP contribution in [-0.2, 0) is 0 Å². The summed E-state index contributed by atoms with van der Waals surface area (Å²) in [7, 11) is 0. The van der Waals surface area contributed by atoms with Gasteiger partial charge in [-0.15, -0.1) is 0 Å². The lowest BCUT2D eigenvalue weighted by atomic mass is 9.80. The van der Waals surface area contributed by atoms with Crippen LogP contribution in [0, 0.1) is 29.6 Å². The van der Waals surface area contributed by atoms with Crippen LogP contribution < -0.4 is 0 Å². The zero-order valence-electron chi connectivity index (χ0n) is 11.4. The van der Waals surface area contributed by atoms with Crippen molar-refractivity contribution in [1.82, 2.24) is 0 Å². The van der Waals surface area contributed by atoms with Crippen LogP contribution in [0.4, 0.5) is 0 Å². The minimum atomic E-state index is 1.02. The fourth-order valence-corrected chi connectivity index (χ4v) is 4.38. The highest BCUT2D eigenvalue weighted by Gasteiger charge is 2.44. The summed E-state index contributed by atoms with van der Waals surface area (Å²) in [5, 5.41) is 0. The molecule has 0 radical (unpaired) electrons. The van der Waals surface area contributed by atoms with Gasteiger partial charge in [-0.25, -0.2) is 0 Å². The van der Waals surface area contributed by atoms with Gasteiger partial charge in [-0.05, 0) is 48.9 Å². The molecule has 90 valence electrons. The quantitative estimate of drug-likeness (QED) is 0.592. The topological polar surface area (TPSA) is 0 Å². The highest BCUT2D eigenvalue weighted by Crippen LogP contribution is 2.53. The third-order valence-electron chi connectivity index (χ3n) is 4.72. The Balaban J connectivity index is 0.000000531. The van der Waals surface area contributed by atoms with Crippen molar-refractivity contribution in [3.8, 4) is 0 Å². The Morgan fingerprint density at radius 1 is 0.800 bits per heavy atom. The molecule has 2 aliphatic rings. The molecule has 0 saturated heterocycles. The third-order valence-corrected chi connectivity index (χ3v) is 4.72. The Kier molecular flexibility index (Phi) is 5.15. The van der Waals surface area contributed by atoms with Gasteiger partial charge in [0.1, 0.15) is 0 Å². The Labute approximate surface area is 96.8 Å². The summed E-state index contributed by atoms with van der Waals surface area (Å²) in [6.45, 7) is 11.3. The smallest absolute Gasteiger partial charge is 0.0357 e. The molecular formula is C15H30. The van der Waals surface area contributed by atoms with E-state index >= 15 is 0 Å². The fraction of sp³-hybridized carbons (Fsp3) is 1.00. The summed E-state index contributed by atoms with van der Waals surface area (Å²) in [5.74, 6) is 5.39. The first-order valence-corrected chi connectivity index (χ1v) is 7.26. The average molecular weight is 210 g/mol. The lowest BCUT2D eigenvalue weighted by Crippen LogP contribution is -2.15. The second-order valence-corrected chi connectivity index (χ2v) is 5.48. The second-order valence-electron chi connectivity index (χ2n) is 5.48. The molecule has 0 heterocycles. The van der Waals surface area contributed by atoms with Crippen LogP contribution in [0.15, 0.2) is 0 Å². The Bertz CT molecular complexity index is 155. The largest absolute Gasteiger partial charge is 0.0683 e. The molecule has 15 heavy (non-hydrogen) atoms. The Morgan fingerprint density at radius 3 is 1.53 bits per heavy atom. The van der Waals surface area contributed by atoms with E-state index in [1.54, 1.807) is 6.42 Å². The third kappa shape index (κ3) is 2.57. The van der Waals surface area contributed by atoms with E-state index in [-0.39, 0.29) is 0 Å². The molecule has 0 aromatic heterocycles. The van der Waals surface area contributed by atoms with E-state index in [1.165, 1.54) is 25.7 Å². The van der Waals surface area contributed by atoms with Crippen molar-refractivity contribution in [3.63, 3.8) is 0 Å². The van der Waals surface area contributed by atoms with Gasteiger partial charge in [-0.3, -0.25) is 0 Å². The maximum absolute atomic E-state index is 2.46. The SMILES string of the molecule is CC.CCC1C2CC(C)CC(C2)C1CC. The van der Waals surface area contributed by atoms with Crippen LogP contribution in [0.25, 0.3) is 0 Å². The minimum absolute atomic E-state index is 1.02. The Morgan fingerprint density at radius 2 is 1.20 bits per heavy atom. The molecule has 2 fully saturated rings. The van der Waals surface area contributed by atoms with Crippen molar-refractivity contribution in [3.05, 3.63) is 0 Å². The highest BCUT2D eigenvalue weighted by molar-refractivity contribution is 4.94. The molecular weight excluding hydrogens is 180 g/mol. The van der Waals surface area contributed by atoms with E-state index in [9.17, 15) is 0 Å². The predicted octanol–water partition coefficient (Wildman–Crippen LogP) is 5.13. The van der Waals surface area contributed by atoms with Crippen molar-refractivity contribution in [2.24, 2.45) is 29.6 Å². The first kappa shape index (κ1) is 13.1. The molecule has 0 aromatic rings. The normalized spacial score (nSPS) is 43.4. The average Bonchev–Trinajstić information content (AvgIpc) is 2.51. The van der Waals surface area contributed by atoms with Gasteiger partial charge >= 0.3 is 0 Å². The van der Waals surface area contributed by atoms with Crippen molar-refractivity contribution in [1.29, 1.82) is 0 Å². The summed E-state index contributed by atoms with van der Waals surface area (Å²) in [5.41, 5.74) is 0. The summed E-state index contributed by atoms with van der Waals surface area (Å²) >= 11 is 0. The number of hydrogen-bond acceptors (Lipinski definition) is 0. The molecule has 2 aliphatic carbocycles. The molecule has 4 unspecified atom stereocenters. The maximum Gasteiger partial charge on any atom is -0.0357 e. The van der Waals surface area contributed by atoms with Crippen LogP contribution >= 0.6 is 0 Å². The fourth-order valence-electron chi connectivity index (χ4n) is 4.38. The van der Waals surface area contributed by atoms with Gasteiger partial charge < -0.3 is 0 Å². The van der Waals surface area contributed by atoms with Crippen LogP contribution in [0.3, 0.4) is 0 Å². The van der Waals surface area contributed by atoms with Crippen LogP contribution in [0.1, 0.15) is 66.7 Å². The summed E-state index contributed by atoms with van der Waals surface area (Å²) < 4.78 is 0. The van der Waals surface area contributed by atoms with Crippen molar-refractivity contribution in [2.45, 2.75) is 66.7 Å². The van der Waals surface area contributed by atoms with E-state index in [0.717, 1.165) is 29.6 Å². The van der Waals surface area contributed by atoms with Crippen molar-refractivity contribution in [2.75, 3.05) is 0 Å². The minimum Gasteiger partial charge on any atom is -0.0683 e. The molecule has 0 spiro atoms. The molecule has 0 nitrogen and oxygen atoms in total. The van der Waals surface area contributed by atoms with E-state index < -0.39 is 0 Å². The summed E-state index contributed by atoms with van der Waals surface area (Å²) in [6.07, 6.45) is 7.51. The molecule has 0 aromatic carbocycles. The zero-order valence-corrected chi connectivity index (χ0v) is 11.4. The van der Waals surface area contributed by atoms with Crippen LogP contribution in [0.5, 0.6) is 0 Å². The standard InChI is InChI=1S/C13H24.C2H6/c1-4-12-10-6-9(3)7-11(8-10)13(12)5-2;1-2/h9-13H,4-8H2,1-3H3;1-2H3. The highest BCUT2D eigenvalue weighted by atomic mass is 14.5. The monoisotopic (exact) mass is 210 g/mol. The van der Waals surface area contributed by atoms with Gasteiger partial charge in [-0.1, -0.05) is 47.5 Å². The molecule has 2 saturated carbocycles. The van der Waals surface area contributed by atoms with E-state index in [0.29, 0.717) is 0 Å². The predicted molar refractivity (Wildman–Crippen MR) is 68.9 cm³/mol. The molecule has 2 rings (SSSR count). The van der Waals surface area contributed by atoms with Gasteiger partial charge in [0.05, 0.1) is 0 Å². The molecule has 0 N–H and O–H groups in total. The molecule has 0 amide bonds. The summed E-state index contributed by atoms with van der Waals surface area (Å²) in [6, 6.07) is 0. The van der Waals surface area contributed by atoms with Gasteiger partial charge in [0.2, 0.25) is 0 Å². The zero-order chi connectivity index (χ0) is 11.4. The van der Waals surface area contributed by atoms with Crippen molar-refractivity contribution < 1.29 is 0 Å². The molecule has 0 heteroatoms. The number of fused-ring (bicyclic) bond motifs is 2. The molecule has 2 bridgehead atoms. The van der Waals surface area contributed by atoms with E-state index in [1.807, 2.05) is 13.8 Å². The first-order valence-electron chi connectivity index (χ1n) is 7.26. The maximum atomic E-state index is 2.46. The second kappa shape index (κ2) is 5.92.